The molecule has 1 heterocycles. The first kappa shape index (κ1) is 18.3. The van der Waals surface area contributed by atoms with E-state index in [2.05, 4.69) is 21.2 Å². The van der Waals surface area contributed by atoms with Crippen molar-refractivity contribution in [2.24, 2.45) is 0 Å². The zero-order chi connectivity index (χ0) is 18.5. The van der Waals surface area contributed by atoms with Crippen LogP contribution in [0.1, 0.15) is 17.5 Å². The highest BCUT2D eigenvalue weighted by Crippen LogP contribution is 2.32. The van der Waals surface area contributed by atoms with E-state index < -0.39 is 5.97 Å². The Balaban J connectivity index is 1.43. The summed E-state index contributed by atoms with van der Waals surface area (Å²) in [6.07, 6.45) is 0.682. The van der Waals surface area contributed by atoms with Crippen LogP contribution < -0.4 is 14.8 Å². The number of carbonyl (C=O) groups is 2. The quantitative estimate of drug-likeness (QED) is 0.723. The number of amides is 1. The van der Waals surface area contributed by atoms with Gasteiger partial charge in [-0.05, 0) is 64.7 Å². The van der Waals surface area contributed by atoms with Crippen LogP contribution in [0.15, 0.2) is 40.9 Å². The molecule has 0 saturated carbocycles. The van der Waals surface area contributed by atoms with E-state index in [1.165, 1.54) is 0 Å². The highest BCUT2D eigenvalue weighted by molar-refractivity contribution is 9.10. The van der Waals surface area contributed by atoms with Crippen LogP contribution in [0.3, 0.4) is 0 Å². The average Bonchev–Trinajstić information content (AvgIpc) is 3.08. The van der Waals surface area contributed by atoms with Crippen molar-refractivity contribution < 1.29 is 23.8 Å². The molecule has 0 atom stereocenters. The lowest BCUT2D eigenvalue weighted by Crippen LogP contribution is -2.21. The van der Waals surface area contributed by atoms with Crippen LogP contribution in [-0.2, 0) is 20.7 Å². The fourth-order valence-electron chi connectivity index (χ4n) is 2.47. The third kappa shape index (κ3) is 4.76. The number of ether oxygens (including phenoxy) is 3. The Morgan fingerprint density at radius 2 is 1.96 bits per heavy atom. The first-order chi connectivity index (χ1) is 12.5. The highest BCUT2D eigenvalue weighted by Gasteiger charge is 2.14. The fourth-order valence-corrected chi connectivity index (χ4v) is 3.06. The topological polar surface area (TPSA) is 73.9 Å². The second-order valence-corrected chi connectivity index (χ2v) is 6.73. The Morgan fingerprint density at radius 1 is 1.15 bits per heavy atom. The molecule has 1 amide bonds. The van der Waals surface area contributed by atoms with E-state index in [1.807, 2.05) is 37.3 Å². The zero-order valence-corrected chi connectivity index (χ0v) is 15.8. The standard InChI is InChI=1S/C19H18BrNO5/c1-12-2-5-15(14(20)8-12)21-18(22)10-24-19(23)7-4-13-3-6-16-17(9-13)26-11-25-16/h2-3,5-6,8-9H,4,7,10-11H2,1H3,(H,21,22). The molecule has 0 radical (unpaired) electrons. The van der Waals surface area contributed by atoms with E-state index in [4.69, 9.17) is 14.2 Å². The van der Waals surface area contributed by atoms with Gasteiger partial charge in [-0.2, -0.15) is 0 Å². The van der Waals surface area contributed by atoms with Gasteiger partial charge in [0.2, 0.25) is 6.79 Å². The molecule has 136 valence electrons. The van der Waals surface area contributed by atoms with Gasteiger partial charge in [0.15, 0.2) is 18.1 Å². The van der Waals surface area contributed by atoms with Gasteiger partial charge in [-0.1, -0.05) is 12.1 Å². The van der Waals surface area contributed by atoms with Gasteiger partial charge in [-0.3, -0.25) is 9.59 Å². The van der Waals surface area contributed by atoms with Crippen molar-refractivity contribution in [3.8, 4) is 11.5 Å². The van der Waals surface area contributed by atoms with Crippen molar-refractivity contribution in [3.05, 3.63) is 52.0 Å². The molecule has 26 heavy (non-hydrogen) atoms. The van der Waals surface area contributed by atoms with Crippen molar-refractivity contribution in [1.29, 1.82) is 0 Å². The lowest BCUT2D eigenvalue weighted by atomic mass is 10.1. The molecule has 0 spiro atoms. The van der Waals surface area contributed by atoms with Crippen LogP contribution in [-0.4, -0.2) is 25.3 Å². The molecule has 0 fully saturated rings. The minimum atomic E-state index is -0.430. The number of hydrogen-bond donors (Lipinski definition) is 1. The molecule has 0 bridgehead atoms. The molecule has 7 heteroatoms. The largest absolute Gasteiger partial charge is 0.456 e. The van der Waals surface area contributed by atoms with E-state index in [0.717, 1.165) is 15.6 Å². The van der Waals surface area contributed by atoms with Gasteiger partial charge < -0.3 is 19.5 Å². The number of hydrogen-bond acceptors (Lipinski definition) is 5. The minimum Gasteiger partial charge on any atom is -0.456 e. The summed E-state index contributed by atoms with van der Waals surface area (Å²) in [7, 11) is 0. The summed E-state index contributed by atoms with van der Waals surface area (Å²) in [6.45, 7) is 1.85. The smallest absolute Gasteiger partial charge is 0.306 e. The van der Waals surface area contributed by atoms with Gasteiger partial charge in [0.1, 0.15) is 0 Å². The molecule has 0 saturated heterocycles. The Kier molecular flexibility index (Phi) is 5.78. The predicted molar refractivity (Wildman–Crippen MR) is 99.4 cm³/mol. The number of anilines is 1. The van der Waals surface area contributed by atoms with Gasteiger partial charge in [0.25, 0.3) is 5.91 Å². The molecule has 1 N–H and O–H groups in total. The SMILES string of the molecule is Cc1ccc(NC(=O)COC(=O)CCc2ccc3c(c2)OCO3)c(Br)c1. The molecule has 1 aliphatic rings. The Hall–Kier alpha value is -2.54. The van der Waals surface area contributed by atoms with Crippen LogP contribution in [0.5, 0.6) is 11.5 Å². The van der Waals surface area contributed by atoms with E-state index in [-0.39, 0.29) is 25.7 Å². The first-order valence-corrected chi connectivity index (χ1v) is 8.91. The van der Waals surface area contributed by atoms with Crippen molar-refractivity contribution in [2.75, 3.05) is 18.7 Å². The minimum absolute atomic E-state index is 0.182. The Labute approximate surface area is 159 Å². The summed E-state index contributed by atoms with van der Waals surface area (Å²) in [5.41, 5.74) is 2.65. The molecular formula is C19H18BrNO5. The summed E-state index contributed by atoms with van der Waals surface area (Å²) >= 11 is 3.39. The molecule has 2 aromatic carbocycles. The number of aryl methyl sites for hydroxylation is 2. The molecule has 0 unspecified atom stereocenters. The third-order valence-electron chi connectivity index (χ3n) is 3.82. The van der Waals surface area contributed by atoms with Gasteiger partial charge in [0.05, 0.1) is 5.69 Å². The second kappa shape index (κ2) is 8.23. The van der Waals surface area contributed by atoms with Crippen LogP contribution in [0, 0.1) is 6.92 Å². The van der Waals surface area contributed by atoms with Crippen LogP contribution in [0.2, 0.25) is 0 Å². The lowest BCUT2D eigenvalue weighted by molar-refractivity contribution is -0.147. The first-order valence-electron chi connectivity index (χ1n) is 8.11. The van der Waals surface area contributed by atoms with E-state index in [1.54, 1.807) is 6.07 Å². The van der Waals surface area contributed by atoms with E-state index in [9.17, 15) is 9.59 Å². The van der Waals surface area contributed by atoms with Crippen molar-refractivity contribution >= 4 is 33.5 Å². The molecule has 2 aromatic rings. The maximum Gasteiger partial charge on any atom is 0.306 e. The maximum absolute atomic E-state index is 11.9. The van der Waals surface area contributed by atoms with Gasteiger partial charge in [0, 0.05) is 10.9 Å². The molecular weight excluding hydrogens is 402 g/mol. The van der Waals surface area contributed by atoms with Crippen molar-refractivity contribution in [2.45, 2.75) is 19.8 Å². The number of fused-ring (bicyclic) bond motifs is 1. The molecule has 0 aliphatic carbocycles. The molecule has 1 aliphatic heterocycles. The molecule has 0 aromatic heterocycles. The summed E-state index contributed by atoms with van der Waals surface area (Å²) in [4.78, 5) is 23.8. The highest BCUT2D eigenvalue weighted by atomic mass is 79.9. The molecule has 6 nitrogen and oxygen atoms in total. The number of halogens is 1. The Morgan fingerprint density at radius 3 is 2.77 bits per heavy atom. The van der Waals surface area contributed by atoms with Crippen LogP contribution in [0.25, 0.3) is 0 Å². The average molecular weight is 420 g/mol. The maximum atomic E-state index is 11.9. The summed E-state index contributed by atoms with van der Waals surface area (Å²) in [6, 6.07) is 11.1. The molecule has 3 rings (SSSR count). The van der Waals surface area contributed by atoms with Gasteiger partial charge in [-0.15, -0.1) is 0 Å². The fraction of sp³-hybridized carbons (Fsp3) is 0.263. The monoisotopic (exact) mass is 419 g/mol. The Bertz CT molecular complexity index is 837. The number of rotatable bonds is 6. The summed E-state index contributed by atoms with van der Waals surface area (Å²) in [5.74, 6) is 0.570. The van der Waals surface area contributed by atoms with E-state index >= 15 is 0 Å². The number of esters is 1. The number of benzene rings is 2. The van der Waals surface area contributed by atoms with Gasteiger partial charge in [-0.25, -0.2) is 0 Å². The van der Waals surface area contributed by atoms with Crippen molar-refractivity contribution in [3.63, 3.8) is 0 Å². The summed E-state index contributed by atoms with van der Waals surface area (Å²) in [5, 5.41) is 2.70. The van der Waals surface area contributed by atoms with Gasteiger partial charge >= 0.3 is 5.97 Å². The normalized spacial score (nSPS) is 11.9. The third-order valence-corrected chi connectivity index (χ3v) is 4.47. The number of nitrogens with one attached hydrogen (secondary N) is 1. The second-order valence-electron chi connectivity index (χ2n) is 5.88. The van der Waals surface area contributed by atoms with E-state index in [0.29, 0.717) is 23.6 Å². The zero-order valence-electron chi connectivity index (χ0n) is 14.2. The van der Waals surface area contributed by atoms with Crippen LogP contribution in [0.4, 0.5) is 5.69 Å². The van der Waals surface area contributed by atoms with Crippen LogP contribution >= 0.6 is 15.9 Å². The predicted octanol–water partition coefficient (Wildman–Crippen LogP) is 3.60. The summed E-state index contributed by atoms with van der Waals surface area (Å²) < 4.78 is 16.4. The van der Waals surface area contributed by atoms with Crippen molar-refractivity contribution in [1.82, 2.24) is 0 Å². The number of carbonyl (C=O) groups excluding carboxylic acids is 2. The lowest BCUT2D eigenvalue weighted by Gasteiger charge is -2.09.